The van der Waals surface area contributed by atoms with Crippen LogP contribution in [0.25, 0.3) is 0 Å². The third-order valence-corrected chi connectivity index (χ3v) is 4.99. The van der Waals surface area contributed by atoms with Gasteiger partial charge in [-0.25, -0.2) is 4.79 Å². The van der Waals surface area contributed by atoms with Crippen molar-refractivity contribution in [1.29, 1.82) is 0 Å². The van der Waals surface area contributed by atoms with Gasteiger partial charge in [0.15, 0.2) is 0 Å². The largest absolute Gasteiger partial charge is 0.478 e. The maximum Gasteiger partial charge on any atom is 0.339 e. The third-order valence-electron chi connectivity index (χ3n) is 4.99. The van der Waals surface area contributed by atoms with Crippen molar-refractivity contribution in [2.45, 2.75) is 65.2 Å². The van der Waals surface area contributed by atoms with E-state index in [1.165, 1.54) is 12.1 Å². The zero-order valence-corrected chi connectivity index (χ0v) is 20.0. The predicted molar refractivity (Wildman–Crippen MR) is 137 cm³/mol. The van der Waals surface area contributed by atoms with Gasteiger partial charge in [0, 0.05) is 0 Å². The average molecular weight is 451 g/mol. The summed E-state index contributed by atoms with van der Waals surface area (Å²) in [6.45, 7) is 4.08. The molecule has 0 aliphatic heterocycles. The third kappa shape index (κ3) is 13.1. The summed E-state index contributed by atoms with van der Waals surface area (Å²) in [5.74, 6) is -1.64. The van der Waals surface area contributed by atoms with E-state index in [-0.39, 0.29) is 23.2 Å². The highest BCUT2D eigenvalue weighted by atomic mass is 16.5. The van der Waals surface area contributed by atoms with Gasteiger partial charge in [-0.2, -0.15) is 0 Å². The second kappa shape index (κ2) is 18.4. The van der Waals surface area contributed by atoms with Crippen LogP contribution in [-0.4, -0.2) is 17.0 Å². The lowest BCUT2D eigenvalue weighted by atomic mass is 10.0. The quantitative estimate of drug-likeness (QED) is 0.158. The van der Waals surface area contributed by atoms with E-state index in [4.69, 9.17) is 4.74 Å². The molecule has 4 nitrogen and oxygen atoms in total. The Labute approximate surface area is 199 Å². The molecule has 1 N–H and O–H groups in total. The standard InChI is InChI=1S/C29H38O4/c1-3-5-6-7-8-9-10-11-12-13-14-15-16-17-18-19-22-25(4-2)29(32)33-27-24-21-20-23-26(27)28(30)31/h5-6,8-9,11-12,14-15,17-18,20-21,23-25H,3-4,7,10,13,16,19,22H2,1-2H3,(H,30,31). The zero-order chi connectivity index (χ0) is 24.2. The van der Waals surface area contributed by atoms with Crippen molar-refractivity contribution in [2.75, 3.05) is 0 Å². The van der Waals surface area contributed by atoms with Crippen molar-refractivity contribution in [2.24, 2.45) is 5.92 Å². The van der Waals surface area contributed by atoms with Gasteiger partial charge in [-0.15, -0.1) is 0 Å². The monoisotopic (exact) mass is 450 g/mol. The van der Waals surface area contributed by atoms with E-state index in [1.807, 2.05) is 6.92 Å². The fourth-order valence-corrected chi connectivity index (χ4v) is 3.08. The molecule has 0 heterocycles. The molecule has 4 heteroatoms. The summed E-state index contributed by atoms with van der Waals surface area (Å²) < 4.78 is 5.37. The summed E-state index contributed by atoms with van der Waals surface area (Å²) >= 11 is 0. The molecule has 0 spiro atoms. The SMILES string of the molecule is CCC=CCC=CCC=CCC=CCC=CCCC(CC)C(=O)Oc1ccccc1C(=O)O. The first-order valence-electron chi connectivity index (χ1n) is 11.9. The molecule has 1 aromatic carbocycles. The van der Waals surface area contributed by atoms with E-state index in [1.54, 1.807) is 12.1 Å². The molecule has 0 aliphatic carbocycles. The highest BCUT2D eigenvalue weighted by Crippen LogP contribution is 2.21. The van der Waals surface area contributed by atoms with E-state index in [9.17, 15) is 14.7 Å². The molecule has 1 rings (SSSR count). The average Bonchev–Trinajstić information content (AvgIpc) is 2.81. The lowest BCUT2D eigenvalue weighted by Crippen LogP contribution is -2.21. The second-order valence-electron chi connectivity index (χ2n) is 7.61. The van der Waals surface area contributed by atoms with Gasteiger partial charge in [0.25, 0.3) is 0 Å². The Morgan fingerprint density at radius 2 is 1.33 bits per heavy atom. The van der Waals surface area contributed by atoms with Gasteiger partial charge < -0.3 is 9.84 Å². The molecule has 0 radical (unpaired) electrons. The topological polar surface area (TPSA) is 63.6 Å². The molecule has 0 aromatic heterocycles. The van der Waals surface area contributed by atoms with Crippen molar-refractivity contribution in [1.82, 2.24) is 0 Å². The molecule has 178 valence electrons. The molecular weight excluding hydrogens is 412 g/mol. The van der Waals surface area contributed by atoms with Crippen molar-refractivity contribution in [3.63, 3.8) is 0 Å². The molecule has 33 heavy (non-hydrogen) atoms. The van der Waals surface area contributed by atoms with Crippen molar-refractivity contribution in [3.05, 3.63) is 90.6 Å². The molecule has 0 bridgehead atoms. The number of hydrogen-bond donors (Lipinski definition) is 1. The fourth-order valence-electron chi connectivity index (χ4n) is 3.08. The van der Waals surface area contributed by atoms with Crippen LogP contribution >= 0.6 is 0 Å². The molecule has 1 atom stereocenters. The lowest BCUT2D eigenvalue weighted by molar-refractivity contribution is -0.139. The normalized spacial score (nSPS) is 13.2. The Hall–Kier alpha value is -3.14. The first-order chi connectivity index (χ1) is 16.1. The minimum Gasteiger partial charge on any atom is -0.478 e. The summed E-state index contributed by atoms with van der Waals surface area (Å²) in [6, 6.07) is 6.22. The van der Waals surface area contributed by atoms with Crippen molar-refractivity contribution < 1.29 is 19.4 Å². The van der Waals surface area contributed by atoms with Crippen molar-refractivity contribution in [3.8, 4) is 5.75 Å². The van der Waals surface area contributed by atoms with E-state index in [2.05, 4.69) is 67.7 Å². The van der Waals surface area contributed by atoms with E-state index >= 15 is 0 Å². The molecule has 1 aromatic rings. The number of carbonyl (C=O) groups is 2. The number of ether oxygens (including phenoxy) is 1. The fraction of sp³-hybridized carbons (Fsp3) is 0.379. The van der Waals surface area contributed by atoms with Gasteiger partial charge in [-0.05, 0) is 63.5 Å². The molecule has 1 unspecified atom stereocenters. The van der Waals surface area contributed by atoms with Crippen LogP contribution in [0.2, 0.25) is 0 Å². The Balaban J connectivity index is 2.26. The van der Waals surface area contributed by atoms with Gasteiger partial charge >= 0.3 is 11.9 Å². The smallest absolute Gasteiger partial charge is 0.339 e. The number of carbonyl (C=O) groups excluding carboxylic acids is 1. The summed E-state index contributed by atoms with van der Waals surface area (Å²) in [5.41, 5.74) is -0.00136. The Morgan fingerprint density at radius 3 is 1.85 bits per heavy atom. The maximum absolute atomic E-state index is 12.4. The number of carboxylic acids is 1. The van der Waals surface area contributed by atoms with Gasteiger partial charge in [-0.1, -0.05) is 86.7 Å². The van der Waals surface area contributed by atoms with E-state index in [0.29, 0.717) is 12.8 Å². The van der Waals surface area contributed by atoms with Crippen LogP contribution in [0.3, 0.4) is 0 Å². The lowest BCUT2D eigenvalue weighted by Gasteiger charge is -2.14. The zero-order valence-electron chi connectivity index (χ0n) is 20.0. The van der Waals surface area contributed by atoms with Crippen LogP contribution in [0.15, 0.2) is 85.0 Å². The summed E-state index contributed by atoms with van der Waals surface area (Å²) in [5, 5.41) is 9.22. The highest BCUT2D eigenvalue weighted by Gasteiger charge is 2.20. The number of carboxylic acid groups (broad SMARTS) is 1. The van der Waals surface area contributed by atoms with Crippen LogP contribution in [0.4, 0.5) is 0 Å². The van der Waals surface area contributed by atoms with E-state index in [0.717, 1.165) is 38.5 Å². The number of hydrogen-bond acceptors (Lipinski definition) is 3. The predicted octanol–water partition coefficient (Wildman–Crippen LogP) is 7.85. The molecule has 0 fully saturated rings. The van der Waals surface area contributed by atoms with Gasteiger partial charge in [0.2, 0.25) is 0 Å². The number of esters is 1. The van der Waals surface area contributed by atoms with Crippen LogP contribution in [0.5, 0.6) is 5.75 Å². The Bertz CT molecular complexity index is 843. The van der Waals surface area contributed by atoms with Gasteiger partial charge in [0.05, 0.1) is 5.92 Å². The number of benzene rings is 1. The first kappa shape index (κ1) is 27.9. The number of rotatable bonds is 16. The first-order valence-corrected chi connectivity index (χ1v) is 11.9. The van der Waals surface area contributed by atoms with Gasteiger partial charge in [-0.3, -0.25) is 4.79 Å². The summed E-state index contributed by atoms with van der Waals surface area (Å²) in [4.78, 5) is 23.7. The number of para-hydroxylation sites is 1. The van der Waals surface area contributed by atoms with Crippen LogP contribution in [-0.2, 0) is 4.79 Å². The highest BCUT2D eigenvalue weighted by molar-refractivity contribution is 5.92. The Kier molecular flexibility index (Phi) is 15.6. The Morgan fingerprint density at radius 1 is 0.818 bits per heavy atom. The second-order valence-corrected chi connectivity index (χ2v) is 7.61. The minimum atomic E-state index is -1.11. The van der Waals surface area contributed by atoms with Crippen molar-refractivity contribution >= 4 is 11.9 Å². The minimum absolute atomic E-state index is 0.00136. The number of allylic oxidation sites excluding steroid dienone is 10. The summed E-state index contributed by atoms with van der Waals surface area (Å²) in [7, 11) is 0. The van der Waals surface area contributed by atoms with E-state index < -0.39 is 5.97 Å². The van der Waals surface area contributed by atoms with Crippen LogP contribution in [0, 0.1) is 5.92 Å². The number of aromatic carboxylic acids is 1. The molecule has 0 saturated carbocycles. The maximum atomic E-state index is 12.4. The van der Waals surface area contributed by atoms with Crippen LogP contribution < -0.4 is 4.74 Å². The van der Waals surface area contributed by atoms with Crippen LogP contribution in [0.1, 0.15) is 75.6 Å². The molecule has 0 amide bonds. The van der Waals surface area contributed by atoms with Gasteiger partial charge in [0.1, 0.15) is 11.3 Å². The molecule has 0 aliphatic rings. The molecule has 0 saturated heterocycles. The summed E-state index contributed by atoms with van der Waals surface area (Å²) in [6.07, 6.45) is 28.5. The molecular formula is C29H38O4.